The maximum absolute atomic E-state index is 12.6. The Bertz CT molecular complexity index is 891. The number of hydrogen-bond donors (Lipinski definition) is 0. The molecule has 0 radical (unpaired) electrons. The van der Waals surface area contributed by atoms with Gasteiger partial charge in [-0.05, 0) is 81.1 Å². The second kappa shape index (κ2) is 7.86. The molecule has 0 aliphatic carbocycles. The first-order chi connectivity index (χ1) is 13.5. The molecule has 1 aromatic rings. The highest BCUT2D eigenvalue weighted by Gasteiger charge is 2.38. The number of methoxy groups -OCH3 is 1. The highest BCUT2D eigenvalue weighted by molar-refractivity contribution is 8.18. The van der Waals surface area contributed by atoms with Gasteiger partial charge in [-0.2, -0.15) is 0 Å². The molecule has 156 valence electrons. The standard InChI is InChI=1S/C22H28N2O4S/c1-13(2)24-17-8-7-15(9-16(17)14(3)11-22(24,4)5)10-18-20(26)23(21(27)29-18)12-19(25)28-6/h7-10,13-14H,11-12H2,1-6H3/b18-10+/t14-/m0/s1. The van der Waals surface area contributed by atoms with Crippen LogP contribution in [-0.2, 0) is 14.3 Å². The van der Waals surface area contributed by atoms with Crippen molar-refractivity contribution in [1.29, 1.82) is 0 Å². The van der Waals surface area contributed by atoms with Crippen LogP contribution in [0.15, 0.2) is 23.1 Å². The topological polar surface area (TPSA) is 66.9 Å². The number of fused-ring (bicyclic) bond motifs is 1. The number of amides is 2. The number of carbonyl (C=O) groups excluding carboxylic acids is 3. The number of hydrogen-bond acceptors (Lipinski definition) is 6. The molecular weight excluding hydrogens is 388 g/mol. The van der Waals surface area contributed by atoms with Gasteiger partial charge in [0, 0.05) is 17.3 Å². The van der Waals surface area contributed by atoms with Gasteiger partial charge in [-0.3, -0.25) is 19.3 Å². The smallest absolute Gasteiger partial charge is 0.325 e. The second-order valence-electron chi connectivity index (χ2n) is 8.54. The average molecular weight is 417 g/mol. The number of imide groups is 1. The van der Waals surface area contributed by atoms with Crippen LogP contribution >= 0.6 is 11.8 Å². The highest BCUT2D eigenvalue weighted by Crippen LogP contribution is 2.45. The van der Waals surface area contributed by atoms with E-state index in [9.17, 15) is 14.4 Å². The van der Waals surface area contributed by atoms with Crippen LogP contribution in [0.25, 0.3) is 6.08 Å². The predicted molar refractivity (Wildman–Crippen MR) is 116 cm³/mol. The van der Waals surface area contributed by atoms with Crippen LogP contribution in [0.4, 0.5) is 10.5 Å². The Kier molecular flexibility index (Phi) is 5.81. The lowest BCUT2D eigenvalue weighted by atomic mass is 9.79. The maximum Gasteiger partial charge on any atom is 0.325 e. The minimum Gasteiger partial charge on any atom is -0.468 e. The van der Waals surface area contributed by atoms with Crippen LogP contribution in [-0.4, -0.2) is 47.3 Å². The zero-order chi connectivity index (χ0) is 21.5. The summed E-state index contributed by atoms with van der Waals surface area (Å²) < 4.78 is 4.56. The summed E-state index contributed by atoms with van der Waals surface area (Å²) in [6.07, 6.45) is 2.77. The van der Waals surface area contributed by atoms with E-state index in [-0.39, 0.29) is 12.1 Å². The van der Waals surface area contributed by atoms with Crippen molar-refractivity contribution in [1.82, 2.24) is 4.90 Å². The van der Waals surface area contributed by atoms with Crippen LogP contribution in [0, 0.1) is 0 Å². The van der Waals surface area contributed by atoms with Crippen molar-refractivity contribution < 1.29 is 19.1 Å². The van der Waals surface area contributed by atoms with Crippen molar-refractivity contribution in [3.63, 3.8) is 0 Å². The molecule has 29 heavy (non-hydrogen) atoms. The van der Waals surface area contributed by atoms with Crippen LogP contribution in [0.2, 0.25) is 0 Å². The summed E-state index contributed by atoms with van der Waals surface area (Å²) in [6, 6.07) is 6.57. The summed E-state index contributed by atoms with van der Waals surface area (Å²) in [5.41, 5.74) is 3.42. The molecule has 1 atom stereocenters. The van der Waals surface area contributed by atoms with Crippen LogP contribution in [0.3, 0.4) is 0 Å². The van der Waals surface area contributed by atoms with E-state index < -0.39 is 17.1 Å². The van der Waals surface area contributed by atoms with Gasteiger partial charge in [-0.25, -0.2) is 0 Å². The van der Waals surface area contributed by atoms with Crippen molar-refractivity contribution in [2.24, 2.45) is 0 Å². The third kappa shape index (κ3) is 4.06. The minimum absolute atomic E-state index is 0.0681. The van der Waals surface area contributed by atoms with E-state index >= 15 is 0 Å². The second-order valence-corrected chi connectivity index (χ2v) is 9.54. The average Bonchev–Trinajstić information content (AvgIpc) is 2.88. The fourth-order valence-electron chi connectivity index (χ4n) is 4.52. The molecule has 6 nitrogen and oxygen atoms in total. The molecule has 1 aromatic carbocycles. The first-order valence-corrected chi connectivity index (χ1v) is 10.6. The minimum atomic E-state index is -0.618. The maximum atomic E-state index is 12.6. The molecule has 0 unspecified atom stereocenters. The quantitative estimate of drug-likeness (QED) is 0.535. The van der Waals surface area contributed by atoms with Crippen molar-refractivity contribution in [3.05, 3.63) is 34.2 Å². The van der Waals surface area contributed by atoms with Gasteiger partial charge in [0.2, 0.25) is 0 Å². The first-order valence-electron chi connectivity index (χ1n) is 9.80. The molecule has 2 amide bonds. The van der Waals surface area contributed by atoms with Gasteiger partial charge in [0.15, 0.2) is 0 Å². The number of carbonyl (C=O) groups is 3. The Morgan fingerprint density at radius 1 is 1.34 bits per heavy atom. The molecule has 0 spiro atoms. The summed E-state index contributed by atoms with van der Waals surface area (Å²) in [4.78, 5) is 39.8. The number of esters is 1. The van der Waals surface area contributed by atoms with Crippen molar-refractivity contribution >= 4 is 40.6 Å². The van der Waals surface area contributed by atoms with E-state index in [1.807, 2.05) is 6.07 Å². The van der Waals surface area contributed by atoms with E-state index in [1.54, 1.807) is 6.08 Å². The number of benzene rings is 1. The normalized spacial score (nSPS) is 22.4. The Morgan fingerprint density at radius 2 is 2.03 bits per heavy atom. The fourth-order valence-corrected chi connectivity index (χ4v) is 5.36. The largest absolute Gasteiger partial charge is 0.468 e. The summed E-state index contributed by atoms with van der Waals surface area (Å²) >= 11 is 0.853. The zero-order valence-electron chi connectivity index (χ0n) is 17.8. The third-order valence-electron chi connectivity index (χ3n) is 5.50. The molecule has 2 heterocycles. The van der Waals surface area contributed by atoms with Gasteiger partial charge in [-0.1, -0.05) is 13.0 Å². The predicted octanol–water partition coefficient (Wildman–Crippen LogP) is 4.40. The van der Waals surface area contributed by atoms with Crippen LogP contribution in [0.5, 0.6) is 0 Å². The highest BCUT2D eigenvalue weighted by atomic mass is 32.2. The van der Waals surface area contributed by atoms with Gasteiger partial charge < -0.3 is 9.64 Å². The van der Waals surface area contributed by atoms with Crippen molar-refractivity contribution in [2.45, 2.75) is 58.5 Å². The molecule has 2 aliphatic rings. The summed E-state index contributed by atoms with van der Waals surface area (Å²) in [6.45, 7) is 10.8. The molecule has 7 heteroatoms. The van der Waals surface area contributed by atoms with Crippen molar-refractivity contribution in [2.75, 3.05) is 18.6 Å². The third-order valence-corrected chi connectivity index (χ3v) is 6.41. The Labute approximate surface area is 176 Å². The first kappa shape index (κ1) is 21.4. The van der Waals surface area contributed by atoms with E-state index in [0.29, 0.717) is 16.9 Å². The van der Waals surface area contributed by atoms with E-state index in [0.717, 1.165) is 28.6 Å². The zero-order valence-corrected chi connectivity index (χ0v) is 18.6. The van der Waals surface area contributed by atoms with Gasteiger partial charge in [-0.15, -0.1) is 0 Å². The van der Waals surface area contributed by atoms with Crippen LogP contribution in [0.1, 0.15) is 58.1 Å². The summed E-state index contributed by atoms with van der Waals surface area (Å²) in [7, 11) is 1.23. The molecular formula is C22H28N2O4S. The van der Waals surface area contributed by atoms with Crippen LogP contribution < -0.4 is 4.90 Å². The Balaban J connectivity index is 1.93. The Hall–Kier alpha value is -2.28. The lowest BCUT2D eigenvalue weighted by molar-refractivity contribution is -0.143. The van der Waals surface area contributed by atoms with Gasteiger partial charge in [0.05, 0.1) is 12.0 Å². The van der Waals surface area contributed by atoms with Gasteiger partial charge in [0.1, 0.15) is 6.54 Å². The molecule has 2 aliphatic heterocycles. The van der Waals surface area contributed by atoms with Gasteiger partial charge >= 0.3 is 5.97 Å². The number of anilines is 1. The number of rotatable bonds is 4. The Morgan fingerprint density at radius 3 is 2.66 bits per heavy atom. The molecule has 3 rings (SSSR count). The molecule has 0 saturated carbocycles. The SMILES string of the molecule is COC(=O)CN1C(=O)S/C(=C/c2ccc3c(c2)[C@@H](C)CC(C)(C)N3C(C)C)C1=O. The molecule has 0 aromatic heterocycles. The molecule has 1 saturated heterocycles. The monoisotopic (exact) mass is 416 g/mol. The van der Waals surface area contributed by atoms with Gasteiger partial charge in [0.25, 0.3) is 11.1 Å². The molecule has 1 fully saturated rings. The lowest BCUT2D eigenvalue weighted by Gasteiger charge is -2.50. The number of ether oxygens (including phenoxy) is 1. The molecule has 0 bridgehead atoms. The van der Waals surface area contributed by atoms with E-state index in [4.69, 9.17) is 0 Å². The fraction of sp³-hybridized carbons (Fsp3) is 0.500. The van der Waals surface area contributed by atoms with E-state index in [2.05, 4.69) is 56.4 Å². The van der Waals surface area contributed by atoms with Crippen molar-refractivity contribution in [3.8, 4) is 0 Å². The number of nitrogens with zero attached hydrogens (tertiary/aromatic N) is 2. The summed E-state index contributed by atoms with van der Waals surface area (Å²) in [5.74, 6) is -0.689. The summed E-state index contributed by atoms with van der Waals surface area (Å²) in [5, 5.41) is -0.453. The van der Waals surface area contributed by atoms with E-state index in [1.165, 1.54) is 18.4 Å². The number of thioether (sulfide) groups is 1. The molecule has 0 N–H and O–H groups in total. The lowest BCUT2D eigenvalue weighted by Crippen LogP contribution is -2.51.